The monoisotopic (exact) mass is 329 g/mol. The third kappa shape index (κ3) is 4.44. The van der Waals surface area contributed by atoms with Gasteiger partial charge in [-0.25, -0.2) is 0 Å². The Balaban J connectivity index is 2.18. The van der Waals surface area contributed by atoms with E-state index < -0.39 is 5.97 Å². The van der Waals surface area contributed by atoms with Crippen molar-refractivity contribution in [3.05, 3.63) is 47.3 Å². The quantitative estimate of drug-likeness (QED) is 0.818. The van der Waals surface area contributed by atoms with Crippen LogP contribution in [0.2, 0.25) is 0 Å². The highest BCUT2D eigenvalue weighted by Crippen LogP contribution is 2.16. The van der Waals surface area contributed by atoms with Crippen molar-refractivity contribution in [2.24, 2.45) is 5.92 Å². The van der Waals surface area contributed by atoms with Crippen molar-refractivity contribution in [2.45, 2.75) is 40.2 Å². The summed E-state index contributed by atoms with van der Waals surface area (Å²) in [7, 11) is 0. The minimum absolute atomic E-state index is 0.0732. The fourth-order valence-electron chi connectivity index (χ4n) is 2.61. The van der Waals surface area contributed by atoms with Gasteiger partial charge in [-0.2, -0.15) is 5.10 Å². The first-order valence-electron chi connectivity index (χ1n) is 8.07. The van der Waals surface area contributed by atoms with Crippen molar-refractivity contribution in [1.29, 1.82) is 0 Å². The summed E-state index contributed by atoms with van der Waals surface area (Å²) in [6.07, 6.45) is 2.24. The van der Waals surface area contributed by atoms with Gasteiger partial charge >= 0.3 is 5.97 Å². The van der Waals surface area contributed by atoms with Gasteiger partial charge in [0.2, 0.25) is 0 Å². The topological polar surface area (TPSA) is 84.2 Å². The molecular formula is C18H23N3O3. The normalized spacial score (nSPS) is 10.8. The van der Waals surface area contributed by atoms with Crippen LogP contribution in [0, 0.1) is 5.92 Å². The van der Waals surface area contributed by atoms with Crippen LogP contribution < -0.4 is 5.32 Å². The lowest BCUT2D eigenvalue weighted by Gasteiger charge is -2.10. The summed E-state index contributed by atoms with van der Waals surface area (Å²) in [5.74, 6) is -0.685. The standard InChI is InChI=1S/C18H23N3O3/c1-4-16-15(10-19-21(16)11-12(2)3)18(24)20-14-7-5-6-13(8-14)9-17(22)23/h5-8,10,12H,4,9,11H2,1-3H3,(H,20,24)(H,22,23). The second kappa shape index (κ2) is 7.77. The molecule has 0 saturated carbocycles. The first kappa shape index (κ1) is 17.7. The van der Waals surface area contributed by atoms with Gasteiger partial charge in [0.25, 0.3) is 5.91 Å². The fourth-order valence-corrected chi connectivity index (χ4v) is 2.61. The Morgan fingerprint density at radius 3 is 2.71 bits per heavy atom. The smallest absolute Gasteiger partial charge is 0.307 e. The molecule has 0 atom stereocenters. The summed E-state index contributed by atoms with van der Waals surface area (Å²) >= 11 is 0. The molecule has 1 amide bonds. The lowest BCUT2D eigenvalue weighted by atomic mass is 10.1. The van der Waals surface area contributed by atoms with Crippen LogP contribution in [0.25, 0.3) is 0 Å². The highest BCUT2D eigenvalue weighted by molar-refractivity contribution is 6.05. The molecule has 6 nitrogen and oxygen atoms in total. The van der Waals surface area contributed by atoms with Gasteiger partial charge in [0.05, 0.1) is 23.9 Å². The van der Waals surface area contributed by atoms with Gasteiger partial charge in [0.15, 0.2) is 0 Å². The number of benzene rings is 1. The molecule has 0 unspecified atom stereocenters. The van der Waals surface area contributed by atoms with E-state index >= 15 is 0 Å². The number of carboxylic acid groups (broad SMARTS) is 1. The number of amides is 1. The Morgan fingerprint density at radius 1 is 1.33 bits per heavy atom. The third-order valence-electron chi connectivity index (χ3n) is 3.61. The first-order valence-corrected chi connectivity index (χ1v) is 8.07. The van der Waals surface area contributed by atoms with Crippen molar-refractivity contribution < 1.29 is 14.7 Å². The molecule has 6 heteroatoms. The molecule has 0 aliphatic carbocycles. The average Bonchev–Trinajstić information content (AvgIpc) is 2.88. The summed E-state index contributed by atoms with van der Waals surface area (Å²) in [4.78, 5) is 23.3. The van der Waals surface area contributed by atoms with E-state index in [1.54, 1.807) is 30.5 Å². The lowest BCUT2D eigenvalue weighted by molar-refractivity contribution is -0.136. The summed E-state index contributed by atoms with van der Waals surface area (Å²) in [6.45, 7) is 6.98. The zero-order chi connectivity index (χ0) is 17.7. The van der Waals surface area contributed by atoms with Crippen LogP contribution in [-0.4, -0.2) is 26.8 Å². The second-order valence-electron chi connectivity index (χ2n) is 6.16. The molecule has 24 heavy (non-hydrogen) atoms. The number of hydrogen-bond donors (Lipinski definition) is 2. The van der Waals surface area contributed by atoms with Crippen LogP contribution in [0.3, 0.4) is 0 Å². The van der Waals surface area contributed by atoms with Crippen molar-refractivity contribution in [3.63, 3.8) is 0 Å². The number of nitrogens with zero attached hydrogens (tertiary/aromatic N) is 2. The van der Waals surface area contributed by atoms with Gasteiger partial charge in [0.1, 0.15) is 0 Å². The molecule has 1 heterocycles. The number of carbonyl (C=O) groups is 2. The maximum Gasteiger partial charge on any atom is 0.307 e. The maximum absolute atomic E-state index is 12.5. The molecule has 1 aromatic heterocycles. The number of nitrogens with one attached hydrogen (secondary N) is 1. The number of hydrogen-bond acceptors (Lipinski definition) is 3. The van der Waals surface area contributed by atoms with E-state index in [0.29, 0.717) is 29.2 Å². The molecule has 128 valence electrons. The lowest BCUT2D eigenvalue weighted by Crippen LogP contribution is -2.16. The number of rotatable bonds is 7. The summed E-state index contributed by atoms with van der Waals surface area (Å²) < 4.78 is 1.88. The van der Waals surface area contributed by atoms with Gasteiger partial charge in [-0.1, -0.05) is 32.9 Å². The van der Waals surface area contributed by atoms with Crippen LogP contribution in [0.4, 0.5) is 5.69 Å². The van der Waals surface area contributed by atoms with Crippen molar-refractivity contribution in [1.82, 2.24) is 9.78 Å². The van der Waals surface area contributed by atoms with Gasteiger partial charge in [0, 0.05) is 12.2 Å². The van der Waals surface area contributed by atoms with E-state index in [1.807, 2.05) is 11.6 Å². The third-order valence-corrected chi connectivity index (χ3v) is 3.61. The Kier molecular flexibility index (Phi) is 5.73. The van der Waals surface area contributed by atoms with Gasteiger partial charge < -0.3 is 10.4 Å². The minimum atomic E-state index is -0.901. The van der Waals surface area contributed by atoms with Crippen molar-refractivity contribution >= 4 is 17.6 Å². The minimum Gasteiger partial charge on any atom is -0.481 e. The molecule has 0 saturated heterocycles. The molecule has 0 bridgehead atoms. The molecule has 2 rings (SSSR count). The van der Waals surface area contributed by atoms with Crippen LogP contribution in [-0.2, 0) is 24.2 Å². The summed E-state index contributed by atoms with van der Waals surface area (Å²) in [5.41, 5.74) is 2.69. The predicted molar refractivity (Wildman–Crippen MR) is 92.2 cm³/mol. The molecule has 0 fully saturated rings. The number of carbonyl (C=O) groups excluding carboxylic acids is 1. The molecule has 2 aromatic rings. The number of aromatic nitrogens is 2. The van der Waals surface area contributed by atoms with E-state index in [4.69, 9.17) is 5.11 Å². The summed E-state index contributed by atoms with van der Waals surface area (Å²) in [6, 6.07) is 6.88. The molecule has 0 spiro atoms. The van der Waals surface area contributed by atoms with E-state index in [0.717, 1.165) is 12.2 Å². The van der Waals surface area contributed by atoms with Gasteiger partial charge in [-0.05, 0) is 30.0 Å². The molecular weight excluding hydrogens is 306 g/mol. The number of carboxylic acids is 1. The Hall–Kier alpha value is -2.63. The van der Waals surface area contributed by atoms with Gasteiger partial charge in [-0.3, -0.25) is 14.3 Å². The molecule has 1 aromatic carbocycles. The van der Waals surface area contributed by atoms with E-state index in [9.17, 15) is 9.59 Å². The van der Waals surface area contributed by atoms with Crippen LogP contribution in [0.5, 0.6) is 0 Å². The Bertz CT molecular complexity index is 735. The number of aliphatic carboxylic acids is 1. The Labute approximate surface area is 141 Å². The Morgan fingerprint density at radius 2 is 2.08 bits per heavy atom. The van der Waals surface area contributed by atoms with Crippen molar-refractivity contribution in [2.75, 3.05) is 5.32 Å². The van der Waals surface area contributed by atoms with E-state index in [1.165, 1.54) is 0 Å². The van der Waals surface area contributed by atoms with Crippen LogP contribution in [0.1, 0.15) is 42.4 Å². The van der Waals surface area contributed by atoms with Crippen molar-refractivity contribution in [3.8, 4) is 0 Å². The van der Waals surface area contributed by atoms with Crippen LogP contribution >= 0.6 is 0 Å². The van der Waals surface area contributed by atoms with E-state index in [-0.39, 0.29) is 12.3 Å². The zero-order valence-electron chi connectivity index (χ0n) is 14.2. The van der Waals surface area contributed by atoms with Gasteiger partial charge in [-0.15, -0.1) is 0 Å². The molecule has 2 N–H and O–H groups in total. The highest BCUT2D eigenvalue weighted by atomic mass is 16.4. The first-order chi connectivity index (χ1) is 11.4. The summed E-state index contributed by atoms with van der Waals surface area (Å²) in [5, 5.41) is 16.0. The molecule has 0 radical (unpaired) electrons. The average molecular weight is 329 g/mol. The SMILES string of the molecule is CCc1c(C(=O)Nc2cccc(CC(=O)O)c2)cnn1CC(C)C. The molecule has 0 aliphatic heterocycles. The van der Waals surface area contributed by atoms with Crippen LogP contribution in [0.15, 0.2) is 30.5 Å². The zero-order valence-corrected chi connectivity index (χ0v) is 14.2. The highest BCUT2D eigenvalue weighted by Gasteiger charge is 2.17. The predicted octanol–water partition coefficient (Wildman–Crippen LogP) is 2.98. The second-order valence-corrected chi connectivity index (χ2v) is 6.16. The number of anilines is 1. The van der Waals surface area contributed by atoms with E-state index in [2.05, 4.69) is 24.3 Å². The maximum atomic E-state index is 12.5. The molecule has 0 aliphatic rings. The fraction of sp³-hybridized carbons (Fsp3) is 0.389. The largest absolute Gasteiger partial charge is 0.481 e.